The van der Waals surface area contributed by atoms with Gasteiger partial charge in [-0.15, -0.1) is 0 Å². The number of carbonyl (C=O) groups excluding carboxylic acids is 2. The van der Waals surface area contributed by atoms with E-state index in [4.69, 9.17) is 20.4 Å². The molecule has 19 heavy (non-hydrogen) atoms. The number of aliphatic hydroxyl groups excluding tert-OH is 4. The quantitative estimate of drug-likeness (QED) is 0.351. The van der Waals surface area contributed by atoms with Crippen molar-refractivity contribution in [3.05, 3.63) is 0 Å². The molecular weight excluding hydrogens is 304 g/mol. The Kier molecular flexibility index (Phi) is 30.5. The van der Waals surface area contributed by atoms with Crippen molar-refractivity contribution in [3.63, 3.8) is 0 Å². The Morgan fingerprint density at radius 3 is 0.947 bits per heavy atom. The van der Waals surface area contributed by atoms with Gasteiger partial charge in [-0.1, -0.05) is 0 Å². The normalized spacial score (nSPS) is 14.3. The zero-order valence-corrected chi connectivity index (χ0v) is 11.6. The second-order valence-corrected chi connectivity index (χ2v) is 2.51. The monoisotopic (exact) mass is 320 g/mol. The average molecular weight is 320 g/mol. The molecule has 0 saturated carbocycles. The van der Waals surface area contributed by atoms with Crippen LogP contribution in [0, 0.1) is 0 Å². The van der Waals surface area contributed by atoms with E-state index in [1.165, 1.54) is 0 Å². The number of rotatable bonds is 5. The van der Waals surface area contributed by atoms with E-state index in [1.807, 2.05) is 0 Å². The first-order chi connectivity index (χ1) is 6.29. The second kappa shape index (κ2) is 15.9. The zero-order chi connectivity index (χ0) is 11.5. The Morgan fingerprint density at radius 1 is 0.684 bits per heavy atom. The minimum atomic E-state index is -2.50. The molecule has 12 nitrogen and oxygen atoms in total. The summed E-state index contributed by atoms with van der Waals surface area (Å²) in [6.45, 7) is 0. The molecule has 0 aromatic carbocycles. The molecule has 0 fully saturated rings. The van der Waals surface area contributed by atoms with Crippen LogP contribution in [0.3, 0.4) is 0 Å². The standard InChI is InChI=1S/C6H10O8.Ca.4H2O/c7-1(3(9)5(11)12)2(8)4(10)6(13)14;;;;;/h1-4,7-10H,(H,11,12)(H,13,14);;4*1H2/q;+2;;;;/p-2. The third kappa shape index (κ3) is 11.4. The molecule has 4 unspecified atom stereocenters. The van der Waals surface area contributed by atoms with Crippen LogP contribution in [0.15, 0.2) is 0 Å². The average Bonchev–Trinajstić information content (AvgIpc) is 2.12. The van der Waals surface area contributed by atoms with Crippen LogP contribution < -0.4 is 10.2 Å². The predicted octanol–water partition coefficient (Wildman–Crippen LogP) is -9.75. The summed E-state index contributed by atoms with van der Waals surface area (Å²) in [5.41, 5.74) is 0. The first kappa shape index (κ1) is 36.4. The summed E-state index contributed by atoms with van der Waals surface area (Å²) >= 11 is 0. The molecule has 12 N–H and O–H groups in total. The maximum absolute atomic E-state index is 9.96. The maximum Gasteiger partial charge on any atom is 2.00 e. The number of hydrogen-bond donors (Lipinski definition) is 4. The summed E-state index contributed by atoms with van der Waals surface area (Å²) in [4.78, 5) is 19.9. The van der Waals surface area contributed by atoms with E-state index in [9.17, 15) is 19.8 Å². The van der Waals surface area contributed by atoms with Crippen molar-refractivity contribution in [1.29, 1.82) is 0 Å². The molecule has 0 radical (unpaired) electrons. The number of hydrogen-bond acceptors (Lipinski definition) is 8. The van der Waals surface area contributed by atoms with Crippen molar-refractivity contribution in [2.45, 2.75) is 24.4 Å². The largest absolute Gasteiger partial charge is 2.00 e. The van der Waals surface area contributed by atoms with Crippen LogP contribution in [-0.2, 0) is 9.59 Å². The molecular formula is C6H16CaO12. The van der Waals surface area contributed by atoms with E-state index < -0.39 is 36.4 Å². The molecule has 0 aromatic heterocycles. The van der Waals surface area contributed by atoms with Crippen molar-refractivity contribution in [2.24, 2.45) is 0 Å². The molecule has 0 heterocycles. The van der Waals surface area contributed by atoms with Crippen molar-refractivity contribution in [1.82, 2.24) is 0 Å². The van der Waals surface area contributed by atoms with Gasteiger partial charge in [0.2, 0.25) is 0 Å². The Labute approximate surface area is 136 Å². The molecule has 0 bridgehead atoms. The van der Waals surface area contributed by atoms with Crippen LogP contribution in [0.1, 0.15) is 0 Å². The van der Waals surface area contributed by atoms with Gasteiger partial charge >= 0.3 is 37.7 Å². The van der Waals surface area contributed by atoms with Crippen LogP contribution in [-0.4, -0.2) is 116 Å². The fraction of sp³-hybridized carbons (Fsp3) is 0.667. The summed E-state index contributed by atoms with van der Waals surface area (Å²) in [5, 5.41) is 54.7. The van der Waals surface area contributed by atoms with Crippen LogP contribution >= 0.6 is 0 Å². The van der Waals surface area contributed by atoms with Gasteiger partial charge in [0, 0.05) is 0 Å². The Bertz CT molecular complexity index is 210. The van der Waals surface area contributed by atoms with Gasteiger partial charge in [0.1, 0.15) is 24.4 Å². The molecule has 0 aliphatic carbocycles. The molecule has 0 aliphatic heterocycles. The Hall–Kier alpha value is -0.120. The van der Waals surface area contributed by atoms with Crippen molar-refractivity contribution in [3.8, 4) is 0 Å². The van der Waals surface area contributed by atoms with Crippen molar-refractivity contribution < 1.29 is 62.1 Å². The summed E-state index contributed by atoms with van der Waals surface area (Å²) in [6, 6.07) is 0. The molecule has 0 saturated heterocycles. The third-order valence-corrected chi connectivity index (χ3v) is 1.48. The van der Waals surface area contributed by atoms with Gasteiger partial charge in [0.05, 0.1) is 11.9 Å². The second-order valence-electron chi connectivity index (χ2n) is 2.51. The molecule has 0 spiro atoms. The summed E-state index contributed by atoms with van der Waals surface area (Å²) in [7, 11) is 0. The number of carboxylic acid groups (broad SMARTS) is 2. The smallest absolute Gasteiger partial charge is 0.547 e. The topological polar surface area (TPSA) is 287 Å². The van der Waals surface area contributed by atoms with Crippen LogP contribution in [0.25, 0.3) is 0 Å². The van der Waals surface area contributed by atoms with Crippen molar-refractivity contribution in [2.75, 3.05) is 0 Å². The van der Waals surface area contributed by atoms with Crippen LogP contribution in [0.4, 0.5) is 0 Å². The molecule has 0 aliphatic rings. The summed E-state index contributed by atoms with van der Waals surface area (Å²) in [5.74, 6) is -4.22. The number of aliphatic hydroxyl groups is 4. The van der Waals surface area contributed by atoms with Crippen LogP contribution in [0.2, 0.25) is 0 Å². The fourth-order valence-corrected chi connectivity index (χ4v) is 0.652. The number of carboxylic acids is 2. The van der Waals surface area contributed by atoms with E-state index in [0.29, 0.717) is 0 Å². The third-order valence-electron chi connectivity index (χ3n) is 1.48. The van der Waals surface area contributed by atoms with Gasteiger partial charge in [-0.25, -0.2) is 0 Å². The van der Waals surface area contributed by atoms with E-state index in [1.54, 1.807) is 0 Å². The first-order valence-corrected chi connectivity index (χ1v) is 3.43. The van der Waals surface area contributed by atoms with Crippen molar-refractivity contribution >= 4 is 49.7 Å². The fourth-order valence-electron chi connectivity index (χ4n) is 0.652. The molecule has 0 rings (SSSR count). The Morgan fingerprint density at radius 2 is 0.842 bits per heavy atom. The molecule has 13 heteroatoms. The number of aliphatic carboxylic acids is 2. The van der Waals surface area contributed by atoms with Gasteiger partial charge in [0.15, 0.2) is 0 Å². The van der Waals surface area contributed by atoms with E-state index in [0.717, 1.165) is 0 Å². The molecule has 0 aromatic rings. The van der Waals surface area contributed by atoms with Gasteiger partial charge in [-0.2, -0.15) is 0 Å². The van der Waals surface area contributed by atoms with Gasteiger partial charge in [0.25, 0.3) is 0 Å². The minimum Gasteiger partial charge on any atom is -0.547 e. The minimum absolute atomic E-state index is 0. The van der Waals surface area contributed by atoms with E-state index in [-0.39, 0.29) is 59.6 Å². The predicted molar refractivity (Wildman–Crippen MR) is 54.3 cm³/mol. The zero-order valence-electron chi connectivity index (χ0n) is 9.44. The van der Waals surface area contributed by atoms with Gasteiger partial charge < -0.3 is 62.1 Å². The summed E-state index contributed by atoms with van der Waals surface area (Å²) < 4.78 is 0. The number of carbonyl (C=O) groups is 2. The van der Waals surface area contributed by atoms with Gasteiger partial charge in [-0.05, 0) is 0 Å². The maximum atomic E-state index is 9.96. The first-order valence-electron chi connectivity index (χ1n) is 3.43. The van der Waals surface area contributed by atoms with E-state index >= 15 is 0 Å². The molecule has 114 valence electrons. The Balaban J connectivity index is -0.0000000845. The van der Waals surface area contributed by atoms with E-state index in [2.05, 4.69) is 0 Å². The summed E-state index contributed by atoms with van der Waals surface area (Å²) in [6.07, 6.45) is -9.76. The van der Waals surface area contributed by atoms with Crippen LogP contribution in [0.5, 0.6) is 0 Å². The molecule has 0 amide bonds. The SMILES string of the molecule is O.O.O.O.O=C([O-])C(O)C(O)C(O)C(O)C(=O)[O-].[Ca+2]. The van der Waals surface area contributed by atoms with Gasteiger partial charge in [-0.3, -0.25) is 0 Å². The molecule has 4 atom stereocenters.